The third-order valence-electron chi connectivity index (χ3n) is 3.72. The second kappa shape index (κ2) is 6.27. The Balaban J connectivity index is 2.10. The van der Waals surface area contributed by atoms with Gasteiger partial charge < -0.3 is 30.1 Å². The van der Waals surface area contributed by atoms with Crippen molar-refractivity contribution in [2.75, 3.05) is 40.0 Å². The number of carboxylic acid groups (broad SMARTS) is 1. The largest absolute Gasteiger partial charge is 0.479 e. The lowest BCUT2D eigenvalue weighted by Gasteiger charge is -2.36. The monoisotopic (exact) mass is 301 g/mol. The van der Waals surface area contributed by atoms with Gasteiger partial charge in [0.25, 0.3) is 0 Å². The van der Waals surface area contributed by atoms with E-state index in [1.165, 1.54) is 11.9 Å². The van der Waals surface area contributed by atoms with Crippen LogP contribution in [-0.2, 0) is 19.1 Å². The maximum absolute atomic E-state index is 12.4. The molecule has 0 saturated carbocycles. The van der Waals surface area contributed by atoms with E-state index in [0.717, 1.165) is 0 Å². The van der Waals surface area contributed by atoms with Gasteiger partial charge in [-0.25, -0.2) is 9.59 Å². The molecule has 2 saturated heterocycles. The van der Waals surface area contributed by atoms with E-state index in [-0.39, 0.29) is 38.7 Å². The molecule has 2 unspecified atom stereocenters. The summed E-state index contributed by atoms with van der Waals surface area (Å²) in [5.41, 5.74) is -1.43. The minimum absolute atomic E-state index is 0.0803. The van der Waals surface area contributed by atoms with Gasteiger partial charge in [-0.3, -0.25) is 4.79 Å². The zero-order valence-corrected chi connectivity index (χ0v) is 11.8. The molecule has 3 amide bonds. The average molecular weight is 301 g/mol. The van der Waals surface area contributed by atoms with Gasteiger partial charge in [0, 0.05) is 26.6 Å². The third-order valence-corrected chi connectivity index (χ3v) is 3.72. The molecule has 2 rings (SSSR count). The minimum Gasteiger partial charge on any atom is -0.479 e. The molecule has 3 N–H and O–H groups in total. The van der Waals surface area contributed by atoms with Gasteiger partial charge in [0.1, 0.15) is 6.04 Å². The van der Waals surface area contributed by atoms with Crippen LogP contribution in [-0.4, -0.2) is 79.5 Å². The summed E-state index contributed by atoms with van der Waals surface area (Å²) in [6.07, 6.45) is 0.197. The Morgan fingerprint density at radius 1 is 1.29 bits per heavy atom. The summed E-state index contributed by atoms with van der Waals surface area (Å²) in [5, 5.41) is 14.3. The van der Waals surface area contributed by atoms with Crippen LogP contribution in [0, 0.1) is 0 Å². The fraction of sp³-hybridized carbons (Fsp3) is 0.750. The number of morpholine rings is 1. The van der Waals surface area contributed by atoms with Crippen molar-refractivity contribution in [1.82, 2.24) is 15.5 Å². The Hall–Kier alpha value is -1.87. The van der Waals surface area contributed by atoms with Crippen LogP contribution in [0.5, 0.6) is 0 Å². The summed E-state index contributed by atoms with van der Waals surface area (Å²) in [5.74, 6) is -1.49. The molecule has 118 valence electrons. The molecule has 0 bridgehead atoms. The van der Waals surface area contributed by atoms with E-state index in [9.17, 15) is 19.5 Å². The number of ether oxygens (including phenoxy) is 2. The molecular weight excluding hydrogens is 282 g/mol. The predicted molar refractivity (Wildman–Crippen MR) is 69.7 cm³/mol. The Labute approximate surface area is 121 Å². The van der Waals surface area contributed by atoms with Crippen LogP contribution in [0.15, 0.2) is 0 Å². The standard InChI is InChI=1S/C12H19N3O6/c1-13-9(16)8-6-20-5-3-15(8)11(19)14-12(10(17)18)2-4-21-7-12/h8H,2-7H2,1H3,(H,13,16)(H,14,19)(H,17,18). The van der Waals surface area contributed by atoms with Crippen LogP contribution in [0.25, 0.3) is 0 Å². The van der Waals surface area contributed by atoms with Gasteiger partial charge in [0.05, 0.1) is 19.8 Å². The van der Waals surface area contributed by atoms with Crippen molar-refractivity contribution in [3.05, 3.63) is 0 Å². The van der Waals surface area contributed by atoms with Crippen LogP contribution in [0.3, 0.4) is 0 Å². The van der Waals surface area contributed by atoms with Crippen LogP contribution in [0.1, 0.15) is 6.42 Å². The molecule has 21 heavy (non-hydrogen) atoms. The van der Waals surface area contributed by atoms with Crippen LogP contribution < -0.4 is 10.6 Å². The molecule has 0 radical (unpaired) electrons. The summed E-state index contributed by atoms with van der Waals surface area (Å²) < 4.78 is 10.3. The number of rotatable bonds is 3. The molecule has 0 spiro atoms. The zero-order valence-electron chi connectivity index (χ0n) is 11.8. The van der Waals surface area contributed by atoms with Crippen molar-refractivity contribution in [3.8, 4) is 0 Å². The molecule has 0 aliphatic carbocycles. The van der Waals surface area contributed by atoms with E-state index in [1.807, 2.05) is 0 Å². The maximum Gasteiger partial charge on any atom is 0.332 e. The summed E-state index contributed by atoms with van der Waals surface area (Å²) in [6.45, 7) is 0.805. The summed E-state index contributed by atoms with van der Waals surface area (Å²) >= 11 is 0. The highest BCUT2D eigenvalue weighted by molar-refractivity contribution is 5.90. The van der Waals surface area contributed by atoms with Crippen molar-refractivity contribution in [1.29, 1.82) is 0 Å². The number of amides is 3. The average Bonchev–Trinajstić information content (AvgIpc) is 2.96. The number of carbonyl (C=O) groups excluding carboxylic acids is 2. The number of likely N-dealkylation sites (N-methyl/N-ethyl adjacent to an activating group) is 1. The molecule has 9 nitrogen and oxygen atoms in total. The number of hydrogen-bond acceptors (Lipinski definition) is 5. The summed E-state index contributed by atoms with van der Waals surface area (Å²) in [7, 11) is 1.47. The number of carboxylic acids is 1. The first-order valence-electron chi connectivity index (χ1n) is 6.69. The van der Waals surface area contributed by atoms with E-state index in [2.05, 4.69) is 10.6 Å². The molecule has 2 heterocycles. The molecule has 0 aromatic heterocycles. The lowest BCUT2D eigenvalue weighted by atomic mass is 9.99. The molecule has 0 aromatic rings. The van der Waals surface area contributed by atoms with Gasteiger partial charge in [-0.2, -0.15) is 0 Å². The highest BCUT2D eigenvalue weighted by Gasteiger charge is 2.46. The Morgan fingerprint density at radius 2 is 2.05 bits per heavy atom. The van der Waals surface area contributed by atoms with Crippen LogP contribution in [0.2, 0.25) is 0 Å². The summed E-state index contributed by atoms with van der Waals surface area (Å²) in [4.78, 5) is 36.8. The molecule has 2 aliphatic heterocycles. The fourth-order valence-corrected chi connectivity index (χ4v) is 2.39. The first-order valence-corrected chi connectivity index (χ1v) is 6.69. The highest BCUT2D eigenvalue weighted by atomic mass is 16.5. The normalized spacial score (nSPS) is 29.0. The Bertz CT molecular complexity index is 435. The van der Waals surface area contributed by atoms with Crippen molar-refractivity contribution in [2.45, 2.75) is 18.0 Å². The molecule has 9 heteroatoms. The van der Waals surface area contributed by atoms with Crippen molar-refractivity contribution in [2.24, 2.45) is 0 Å². The van der Waals surface area contributed by atoms with Crippen molar-refractivity contribution >= 4 is 17.9 Å². The van der Waals surface area contributed by atoms with Crippen molar-refractivity contribution in [3.63, 3.8) is 0 Å². The van der Waals surface area contributed by atoms with Gasteiger partial charge in [0.2, 0.25) is 5.91 Å². The molecular formula is C12H19N3O6. The second-order valence-electron chi connectivity index (χ2n) is 5.02. The topological polar surface area (TPSA) is 117 Å². The SMILES string of the molecule is CNC(=O)C1COCCN1C(=O)NC1(C(=O)O)CCOC1. The lowest BCUT2D eigenvalue weighted by Crippen LogP contribution is -2.63. The molecule has 0 aromatic carbocycles. The Morgan fingerprint density at radius 3 is 2.62 bits per heavy atom. The van der Waals surface area contributed by atoms with E-state index in [4.69, 9.17) is 9.47 Å². The Kier molecular flexibility index (Phi) is 4.63. The van der Waals surface area contributed by atoms with Gasteiger partial charge in [-0.15, -0.1) is 0 Å². The summed E-state index contributed by atoms with van der Waals surface area (Å²) in [6, 6.07) is -1.36. The van der Waals surface area contributed by atoms with E-state index < -0.39 is 23.6 Å². The molecule has 2 atom stereocenters. The third kappa shape index (κ3) is 3.08. The highest BCUT2D eigenvalue weighted by Crippen LogP contribution is 2.20. The number of urea groups is 1. The van der Waals surface area contributed by atoms with Gasteiger partial charge in [0.15, 0.2) is 5.54 Å². The van der Waals surface area contributed by atoms with Gasteiger partial charge in [-0.1, -0.05) is 0 Å². The van der Waals surface area contributed by atoms with E-state index in [0.29, 0.717) is 6.61 Å². The molecule has 2 aliphatic rings. The predicted octanol–water partition coefficient (Wildman–Crippen LogP) is -1.61. The number of hydrogen-bond donors (Lipinski definition) is 3. The lowest BCUT2D eigenvalue weighted by molar-refractivity contribution is -0.144. The van der Waals surface area contributed by atoms with Gasteiger partial charge >= 0.3 is 12.0 Å². The number of aliphatic carboxylic acids is 1. The smallest absolute Gasteiger partial charge is 0.332 e. The first kappa shape index (κ1) is 15.5. The number of nitrogens with one attached hydrogen (secondary N) is 2. The first-order chi connectivity index (χ1) is 10.00. The zero-order chi connectivity index (χ0) is 15.5. The number of nitrogens with zero attached hydrogens (tertiary/aromatic N) is 1. The van der Waals surface area contributed by atoms with Crippen LogP contribution >= 0.6 is 0 Å². The molecule has 2 fully saturated rings. The minimum atomic E-state index is -1.43. The van der Waals surface area contributed by atoms with Gasteiger partial charge in [-0.05, 0) is 0 Å². The quantitative estimate of drug-likeness (QED) is 0.577. The van der Waals surface area contributed by atoms with Crippen LogP contribution in [0.4, 0.5) is 4.79 Å². The second-order valence-corrected chi connectivity index (χ2v) is 5.02. The van der Waals surface area contributed by atoms with E-state index in [1.54, 1.807) is 0 Å². The maximum atomic E-state index is 12.4. The van der Waals surface area contributed by atoms with Crippen molar-refractivity contribution < 1.29 is 29.0 Å². The van der Waals surface area contributed by atoms with E-state index >= 15 is 0 Å². The number of carbonyl (C=O) groups is 3. The fourth-order valence-electron chi connectivity index (χ4n) is 2.39.